The molecule has 16 heavy (non-hydrogen) atoms. The summed E-state index contributed by atoms with van der Waals surface area (Å²) < 4.78 is 0. The van der Waals surface area contributed by atoms with Crippen LogP contribution in [0.3, 0.4) is 0 Å². The highest BCUT2D eigenvalue weighted by atomic mass is 15.1. The molecule has 0 spiro atoms. The summed E-state index contributed by atoms with van der Waals surface area (Å²) in [6.07, 6.45) is 0. The van der Waals surface area contributed by atoms with E-state index in [-0.39, 0.29) is 0 Å². The van der Waals surface area contributed by atoms with Gasteiger partial charge in [0.1, 0.15) is 13.1 Å². The monoisotopic (exact) mass is 221 g/mol. The Morgan fingerprint density at radius 2 is 2.06 bits per heavy atom. The van der Waals surface area contributed by atoms with Crippen LogP contribution in [0.4, 0.5) is 5.69 Å². The lowest BCUT2D eigenvalue weighted by Crippen LogP contribution is -3.10. The molecule has 0 radical (unpaired) electrons. The zero-order chi connectivity index (χ0) is 11.7. The molecule has 1 aliphatic heterocycles. The van der Waals surface area contributed by atoms with Gasteiger partial charge in [-0.1, -0.05) is 6.07 Å². The van der Waals surface area contributed by atoms with Gasteiger partial charge in [0.05, 0.1) is 14.1 Å². The number of hydrogen-bond acceptors (Lipinski definition) is 1. The molecule has 0 saturated heterocycles. The van der Waals surface area contributed by atoms with Crippen LogP contribution >= 0.6 is 0 Å². The van der Waals surface area contributed by atoms with Gasteiger partial charge in [-0.3, -0.25) is 0 Å². The third kappa shape index (κ3) is 2.06. The molecule has 1 aromatic carbocycles. The molecule has 0 fully saturated rings. The predicted octanol–water partition coefficient (Wildman–Crippen LogP) is -0.985. The van der Waals surface area contributed by atoms with Crippen molar-refractivity contribution in [2.75, 3.05) is 39.6 Å². The second-order valence-corrected chi connectivity index (χ2v) is 5.14. The van der Waals surface area contributed by atoms with Gasteiger partial charge in [0.15, 0.2) is 6.04 Å². The Balaban J connectivity index is 2.37. The van der Waals surface area contributed by atoms with E-state index in [1.165, 1.54) is 28.3 Å². The lowest BCUT2D eigenvalue weighted by Gasteiger charge is -2.27. The second-order valence-electron chi connectivity index (χ2n) is 5.14. The number of likely N-dealkylation sites (N-methyl/N-ethyl adjacent to an activating group) is 1. The number of benzene rings is 1. The van der Waals surface area contributed by atoms with E-state index in [1.807, 2.05) is 0 Å². The van der Waals surface area contributed by atoms with E-state index in [0.717, 1.165) is 6.54 Å². The number of fused-ring (bicyclic) bond motifs is 1. The van der Waals surface area contributed by atoms with Crippen LogP contribution in [0.5, 0.6) is 0 Å². The van der Waals surface area contributed by atoms with E-state index in [0.29, 0.717) is 6.04 Å². The van der Waals surface area contributed by atoms with Crippen LogP contribution in [0.25, 0.3) is 0 Å². The zero-order valence-corrected chi connectivity index (χ0v) is 10.7. The van der Waals surface area contributed by atoms with Crippen LogP contribution in [0.15, 0.2) is 18.2 Å². The van der Waals surface area contributed by atoms with Crippen LogP contribution < -0.4 is 15.1 Å². The minimum atomic E-state index is 0.639. The standard InChI is InChI=1S/C13H21N3/c1-15(2)11-5-6-12-10(7-11)8-14-9-13(12)16(3)4/h5-7,13-14H,8-9H2,1-4H3/p+2/t13-/m0/s1. The molecule has 1 atom stereocenters. The number of anilines is 1. The van der Waals surface area contributed by atoms with Crippen molar-refractivity contribution in [2.24, 2.45) is 0 Å². The zero-order valence-electron chi connectivity index (χ0n) is 10.7. The molecule has 3 heteroatoms. The molecular weight excluding hydrogens is 198 g/mol. The topological polar surface area (TPSA) is 24.3 Å². The Bertz CT molecular complexity index is 371. The van der Waals surface area contributed by atoms with Crippen LogP contribution in [0.1, 0.15) is 17.2 Å². The highest BCUT2D eigenvalue weighted by Gasteiger charge is 2.27. The van der Waals surface area contributed by atoms with Gasteiger partial charge < -0.3 is 15.1 Å². The minimum absolute atomic E-state index is 0.639. The van der Waals surface area contributed by atoms with Crippen LogP contribution in [0.2, 0.25) is 0 Å². The van der Waals surface area contributed by atoms with Crippen molar-refractivity contribution in [2.45, 2.75) is 12.6 Å². The van der Waals surface area contributed by atoms with Crippen molar-refractivity contribution < 1.29 is 10.2 Å². The van der Waals surface area contributed by atoms with Crippen molar-refractivity contribution in [3.05, 3.63) is 29.3 Å². The fourth-order valence-corrected chi connectivity index (χ4v) is 2.47. The number of nitrogens with zero attached hydrogens (tertiary/aromatic N) is 1. The number of hydrogen-bond donors (Lipinski definition) is 2. The van der Waals surface area contributed by atoms with Gasteiger partial charge in [0, 0.05) is 30.9 Å². The summed E-state index contributed by atoms with van der Waals surface area (Å²) in [4.78, 5) is 3.70. The summed E-state index contributed by atoms with van der Waals surface area (Å²) in [7, 11) is 8.69. The van der Waals surface area contributed by atoms with Crippen LogP contribution in [0, 0.1) is 0 Å². The molecule has 2 rings (SSSR count). The van der Waals surface area contributed by atoms with Crippen molar-refractivity contribution in [1.82, 2.24) is 0 Å². The van der Waals surface area contributed by atoms with Gasteiger partial charge in [-0.15, -0.1) is 0 Å². The summed E-state index contributed by atoms with van der Waals surface area (Å²) in [5.41, 5.74) is 4.35. The Morgan fingerprint density at radius 1 is 1.31 bits per heavy atom. The van der Waals surface area contributed by atoms with Crippen molar-refractivity contribution in [3.8, 4) is 0 Å². The summed E-state index contributed by atoms with van der Waals surface area (Å²) >= 11 is 0. The van der Waals surface area contributed by atoms with E-state index in [4.69, 9.17) is 0 Å². The number of rotatable bonds is 2. The van der Waals surface area contributed by atoms with Crippen molar-refractivity contribution in [1.29, 1.82) is 0 Å². The van der Waals surface area contributed by atoms with Crippen molar-refractivity contribution in [3.63, 3.8) is 0 Å². The van der Waals surface area contributed by atoms with Crippen LogP contribution in [-0.2, 0) is 6.54 Å². The Morgan fingerprint density at radius 3 is 2.69 bits per heavy atom. The molecular formula is C13H23N3+2. The molecule has 0 aliphatic carbocycles. The minimum Gasteiger partial charge on any atom is -0.378 e. The first-order valence-electron chi connectivity index (χ1n) is 6.01. The van der Waals surface area contributed by atoms with Gasteiger partial charge in [0.25, 0.3) is 0 Å². The third-order valence-electron chi connectivity index (χ3n) is 3.48. The maximum Gasteiger partial charge on any atom is 0.163 e. The molecule has 0 amide bonds. The summed E-state index contributed by atoms with van der Waals surface area (Å²) in [6.45, 7) is 2.33. The molecule has 1 heterocycles. The van der Waals surface area contributed by atoms with Crippen LogP contribution in [-0.4, -0.2) is 34.7 Å². The maximum absolute atomic E-state index is 2.42. The predicted molar refractivity (Wildman–Crippen MR) is 66.8 cm³/mol. The Hall–Kier alpha value is -1.06. The maximum atomic E-state index is 2.42. The molecule has 3 nitrogen and oxygen atoms in total. The first-order chi connectivity index (χ1) is 7.59. The third-order valence-corrected chi connectivity index (χ3v) is 3.48. The van der Waals surface area contributed by atoms with E-state index >= 15 is 0 Å². The first kappa shape index (κ1) is 11.4. The summed E-state index contributed by atoms with van der Waals surface area (Å²) in [6, 6.07) is 7.52. The fourth-order valence-electron chi connectivity index (χ4n) is 2.47. The molecule has 1 aliphatic rings. The molecule has 88 valence electrons. The Labute approximate surface area is 98.0 Å². The average Bonchev–Trinajstić information content (AvgIpc) is 2.27. The summed E-state index contributed by atoms with van der Waals surface area (Å²) in [5, 5.41) is 2.42. The van der Waals surface area contributed by atoms with E-state index in [1.54, 1.807) is 0 Å². The molecule has 0 bridgehead atoms. The second kappa shape index (κ2) is 4.44. The smallest absolute Gasteiger partial charge is 0.163 e. The molecule has 0 aromatic heterocycles. The molecule has 0 unspecified atom stereocenters. The average molecular weight is 221 g/mol. The van der Waals surface area contributed by atoms with E-state index in [2.05, 4.69) is 56.6 Å². The van der Waals surface area contributed by atoms with E-state index in [9.17, 15) is 0 Å². The van der Waals surface area contributed by atoms with Gasteiger partial charge in [-0.05, 0) is 12.1 Å². The summed E-state index contributed by atoms with van der Waals surface area (Å²) in [5.74, 6) is 0. The van der Waals surface area contributed by atoms with Gasteiger partial charge in [0.2, 0.25) is 0 Å². The lowest BCUT2D eigenvalue weighted by atomic mass is 9.95. The highest BCUT2D eigenvalue weighted by Crippen LogP contribution is 2.22. The van der Waals surface area contributed by atoms with Gasteiger partial charge in [-0.2, -0.15) is 0 Å². The lowest BCUT2D eigenvalue weighted by molar-refractivity contribution is -0.912. The largest absolute Gasteiger partial charge is 0.378 e. The quantitative estimate of drug-likeness (QED) is 0.659. The normalized spacial score (nSPS) is 19.7. The number of nitrogens with two attached hydrogens (primary N) is 1. The highest BCUT2D eigenvalue weighted by molar-refractivity contribution is 5.50. The van der Waals surface area contributed by atoms with E-state index < -0.39 is 0 Å². The van der Waals surface area contributed by atoms with Gasteiger partial charge >= 0.3 is 0 Å². The number of nitrogens with one attached hydrogen (secondary N) is 1. The number of quaternary nitrogens is 2. The fraction of sp³-hybridized carbons (Fsp3) is 0.538. The molecule has 3 N–H and O–H groups in total. The van der Waals surface area contributed by atoms with Gasteiger partial charge in [-0.25, -0.2) is 0 Å². The molecule has 1 aromatic rings. The Kier molecular flexibility index (Phi) is 3.17. The first-order valence-corrected chi connectivity index (χ1v) is 6.01. The molecule has 0 saturated carbocycles. The SMILES string of the molecule is CN(C)c1ccc2c(c1)C[NH2+]C[C@@H]2[NH+](C)C. The van der Waals surface area contributed by atoms with Crippen molar-refractivity contribution >= 4 is 5.69 Å².